The summed E-state index contributed by atoms with van der Waals surface area (Å²) in [5.74, 6) is 0.0612. The van der Waals surface area contributed by atoms with Crippen molar-refractivity contribution in [2.45, 2.75) is 31.7 Å². The number of alkyl halides is 1. The van der Waals surface area contributed by atoms with Gasteiger partial charge in [0.05, 0.1) is 16.4 Å². The number of rotatable bonds is 5. The third kappa shape index (κ3) is 4.19. The molecule has 0 spiro atoms. The van der Waals surface area contributed by atoms with Crippen LogP contribution in [0.5, 0.6) is 0 Å². The first-order valence-electron chi connectivity index (χ1n) is 6.07. The molecule has 112 valence electrons. The molecule has 1 atom stereocenters. The quantitative estimate of drug-likeness (QED) is 0.811. The molecule has 0 saturated carbocycles. The zero-order valence-corrected chi connectivity index (χ0v) is 13.3. The average Bonchev–Trinajstić information content (AvgIpc) is 2.37. The Hall–Kier alpha value is -1.11. The fraction of sp³-hybridized carbons (Fsp3) is 0.462. The molecule has 3 N–H and O–H groups in total. The Morgan fingerprint density at radius 3 is 2.25 bits per heavy atom. The SMILES string of the molecule is CC(NC(=O)C(C)(C)CCl)c1ccc(S(N)(=O)=O)cc1. The van der Waals surface area contributed by atoms with Crippen LogP contribution in [-0.2, 0) is 14.8 Å². The van der Waals surface area contributed by atoms with Crippen LogP contribution in [-0.4, -0.2) is 20.2 Å². The second-order valence-electron chi connectivity index (χ2n) is 5.33. The van der Waals surface area contributed by atoms with Gasteiger partial charge in [-0.05, 0) is 38.5 Å². The van der Waals surface area contributed by atoms with E-state index in [1.165, 1.54) is 12.1 Å². The van der Waals surface area contributed by atoms with Crippen LogP contribution in [0.15, 0.2) is 29.2 Å². The number of amides is 1. The van der Waals surface area contributed by atoms with Gasteiger partial charge in [-0.2, -0.15) is 0 Å². The van der Waals surface area contributed by atoms with Gasteiger partial charge in [-0.15, -0.1) is 11.6 Å². The van der Waals surface area contributed by atoms with Crippen molar-refractivity contribution in [1.82, 2.24) is 5.32 Å². The zero-order chi connectivity index (χ0) is 15.6. The van der Waals surface area contributed by atoms with E-state index in [4.69, 9.17) is 16.7 Å². The van der Waals surface area contributed by atoms with Gasteiger partial charge >= 0.3 is 0 Å². The topological polar surface area (TPSA) is 89.3 Å². The Morgan fingerprint density at radius 1 is 1.35 bits per heavy atom. The average molecular weight is 319 g/mol. The summed E-state index contributed by atoms with van der Waals surface area (Å²) in [6, 6.07) is 5.83. The highest BCUT2D eigenvalue weighted by Gasteiger charge is 2.27. The van der Waals surface area contributed by atoms with E-state index in [2.05, 4.69) is 5.32 Å². The molecular formula is C13H19ClN2O3S. The smallest absolute Gasteiger partial charge is 0.238 e. The minimum Gasteiger partial charge on any atom is -0.349 e. The molecule has 1 amide bonds. The Labute approximate surface area is 124 Å². The number of hydrogen-bond acceptors (Lipinski definition) is 3. The van der Waals surface area contributed by atoms with Crippen LogP contribution in [0, 0.1) is 5.41 Å². The fourth-order valence-corrected chi connectivity index (χ4v) is 2.12. The van der Waals surface area contributed by atoms with Gasteiger partial charge in [-0.1, -0.05) is 12.1 Å². The summed E-state index contributed by atoms with van der Waals surface area (Å²) in [4.78, 5) is 12.0. The highest BCUT2D eigenvalue weighted by atomic mass is 35.5. The molecular weight excluding hydrogens is 300 g/mol. The second-order valence-corrected chi connectivity index (χ2v) is 7.16. The summed E-state index contributed by atoms with van der Waals surface area (Å²) < 4.78 is 22.3. The van der Waals surface area contributed by atoms with E-state index in [1.807, 2.05) is 6.92 Å². The molecule has 1 aromatic rings. The van der Waals surface area contributed by atoms with Gasteiger partial charge < -0.3 is 5.32 Å². The lowest BCUT2D eigenvalue weighted by Gasteiger charge is -2.24. The summed E-state index contributed by atoms with van der Waals surface area (Å²) in [5.41, 5.74) is 0.132. The summed E-state index contributed by atoms with van der Waals surface area (Å²) in [6.45, 7) is 5.33. The van der Waals surface area contributed by atoms with E-state index in [0.29, 0.717) is 0 Å². The van der Waals surface area contributed by atoms with Crippen LogP contribution in [0.1, 0.15) is 32.4 Å². The summed E-state index contributed by atoms with van der Waals surface area (Å²) in [6.07, 6.45) is 0. The van der Waals surface area contributed by atoms with E-state index in [-0.39, 0.29) is 22.7 Å². The first kappa shape index (κ1) is 16.9. The van der Waals surface area contributed by atoms with Crippen molar-refractivity contribution in [1.29, 1.82) is 0 Å². The maximum Gasteiger partial charge on any atom is 0.238 e. The van der Waals surface area contributed by atoms with E-state index in [0.717, 1.165) is 5.56 Å². The van der Waals surface area contributed by atoms with Crippen LogP contribution >= 0.6 is 11.6 Å². The molecule has 0 aliphatic carbocycles. The number of halogens is 1. The lowest BCUT2D eigenvalue weighted by atomic mass is 9.94. The van der Waals surface area contributed by atoms with Crippen LogP contribution < -0.4 is 10.5 Å². The number of nitrogens with one attached hydrogen (secondary N) is 1. The van der Waals surface area contributed by atoms with Crippen molar-refractivity contribution in [2.24, 2.45) is 10.6 Å². The molecule has 20 heavy (non-hydrogen) atoms. The zero-order valence-electron chi connectivity index (χ0n) is 11.7. The van der Waals surface area contributed by atoms with Gasteiger partial charge in [-0.3, -0.25) is 4.79 Å². The van der Waals surface area contributed by atoms with Crippen molar-refractivity contribution in [3.05, 3.63) is 29.8 Å². The summed E-state index contributed by atoms with van der Waals surface area (Å²) >= 11 is 5.75. The van der Waals surface area contributed by atoms with E-state index in [1.54, 1.807) is 26.0 Å². The van der Waals surface area contributed by atoms with Crippen LogP contribution in [0.3, 0.4) is 0 Å². The third-order valence-electron chi connectivity index (χ3n) is 3.00. The molecule has 0 aromatic heterocycles. The van der Waals surface area contributed by atoms with Gasteiger partial charge in [-0.25, -0.2) is 13.6 Å². The van der Waals surface area contributed by atoms with Crippen molar-refractivity contribution in [3.8, 4) is 0 Å². The number of benzene rings is 1. The molecule has 0 fully saturated rings. The molecule has 0 heterocycles. The number of primary sulfonamides is 1. The Balaban J connectivity index is 2.84. The largest absolute Gasteiger partial charge is 0.349 e. The van der Waals surface area contributed by atoms with Crippen LogP contribution in [0.4, 0.5) is 0 Å². The molecule has 0 bridgehead atoms. The molecule has 0 aliphatic rings. The Morgan fingerprint density at radius 2 is 1.85 bits per heavy atom. The van der Waals surface area contributed by atoms with Crippen molar-refractivity contribution in [3.63, 3.8) is 0 Å². The number of carbonyl (C=O) groups excluding carboxylic acids is 1. The minimum atomic E-state index is -3.70. The van der Waals surface area contributed by atoms with Crippen molar-refractivity contribution >= 4 is 27.5 Å². The number of nitrogens with two attached hydrogens (primary N) is 1. The number of carbonyl (C=O) groups is 1. The summed E-state index contributed by atoms with van der Waals surface area (Å²) in [5, 5.41) is 7.87. The van der Waals surface area contributed by atoms with Crippen LogP contribution in [0.25, 0.3) is 0 Å². The van der Waals surface area contributed by atoms with Gasteiger partial charge in [0.2, 0.25) is 15.9 Å². The first-order chi connectivity index (χ1) is 9.08. The standard InChI is InChI=1S/C13H19ClN2O3S/c1-9(16-12(17)13(2,3)8-14)10-4-6-11(7-5-10)20(15,18)19/h4-7,9H,8H2,1-3H3,(H,16,17)(H2,15,18,19). The normalized spacial score (nSPS) is 13.8. The lowest BCUT2D eigenvalue weighted by molar-refractivity contribution is -0.129. The van der Waals surface area contributed by atoms with E-state index in [9.17, 15) is 13.2 Å². The molecule has 1 unspecified atom stereocenters. The van der Waals surface area contributed by atoms with Gasteiger partial charge in [0.15, 0.2) is 0 Å². The number of hydrogen-bond donors (Lipinski definition) is 2. The molecule has 0 radical (unpaired) electrons. The Bertz CT molecular complexity index is 582. The monoisotopic (exact) mass is 318 g/mol. The predicted molar refractivity (Wildman–Crippen MR) is 78.9 cm³/mol. The summed E-state index contributed by atoms with van der Waals surface area (Å²) in [7, 11) is -3.70. The Kier molecular flexibility index (Phi) is 5.18. The maximum atomic E-state index is 12.0. The van der Waals surface area contributed by atoms with Crippen LogP contribution in [0.2, 0.25) is 0 Å². The molecule has 1 aromatic carbocycles. The third-order valence-corrected chi connectivity index (χ3v) is 4.60. The second kappa shape index (κ2) is 6.11. The van der Waals surface area contributed by atoms with E-state index < -0.39 is 15.4 Å². The van der Waals surface area contributed by atoms with Gasteiger partial charge in [0.25, 0.3) is 0 Å². The molecule has 0 saturated heterocycles. The van der Waals surface area contributed by atoms with Crippen molar-refractivity contribution < 1.29 is 13.2 Å². The highest BCUT2D eigenvalue weighted by Crippen LogP contribution is 2.21. The van der Waals surface area contributed by atoms with Crippen molar-refractivity contribution in [2.75, 3.05) is 5.88 Å². The minimum absolute atomic E-state index is 0.0425. The fourth-order valence-electron chi connectivity index (χ4n) is 1.48. The number of sulfonamides is 1. The first-order valence-corrected chi connectivity index (χ1v) is 8.16. The van der Waals surface area contributed by atoms with Gasteiger partial charge in [0.1, 0.15) is 0 Å². The van der Waals surface area contributed by atoms with E-state index >= 15 is 0 Å². The molecule has 5 nitrogen and oxygen atoms in total. The molecule has 1 rings (SSSR count). The highest BCUT2D eigenvalue weighted by molar-refractivity contribution is 7.89. The molecule has 0 aliphatic heterocycles. The lowest BCUT2D eigenvalue weighted by Crippen LogP contribution is -2.39. The van der Waals surface area contributed by atoms with Gasteiger partial charge in [0, 0.05) is 5.88 Å². The maximum absolute atomic E-state index is 12.0. The predicted octanol–water partition coefficient (Wildman–Crippen LogP) is 1.78. The molecule has 7 heteroatoms.